The molecule has 1 fully saturated rings. The van der Waals surface area contributed by atoms with E-state index in [1.54, 1.807) is 7.11 Å². The van der Waals surface area contributed by atoms with Crippen LogP contribution in [-0.2, 0) is 4.74 Å². The first-order valence-corrected chi connectivity index (χ1v) is 7.35. The predicted molar refractivity (Wildman–Crippen MR) is 72.5 cm³/mol. The van der Waals surface area contributed by atoms with Crippen molar-refractivity contribution in [3.05, 3.63) is 20.8 Å². The average molecular weight is 318 g/mol. The van der Waals surface area contributed by atoms with E-state index in [9.17, 15) is 4.79 Å². The first-order chi connectivity index (χ1) is 8.20. The fourth-order valence-electron chi connectivity index (χ4n) is 2.12. The van der Waals surface area contributed by atoms with E-state index in [2.05, 4.69) is 15.9 Å². The average Bonchev–Trinajstić information content (AvgIpc) is 2.76. The second-order valence-corrected chi connectivity index (χ2v) is 6.76. The summed E-state index contributed by atoms with van der Waals surface area (Å²) in [5, 5.41) is 0. The molecule has 0 radical (unpaired) electrons. The van der Waals surface area contributed by atoms with Crippen LogP contribution in [0.1, 0.15) is 22.5 Å². The van der Waals surface area contributed by atoms with Crippen LogP contribution in [0.3, 0.4) is 0 Å². The third kappa shape index (κ3) is 3.30. The Morgan fingerprint density at radius 3 is 2.76 bits per heavy atom. The van der Waals surface area contributed by atoms with Gasteiger partial charge in [-0.1, -0.05) is 0 Å². The van der Waals surface area contributed by atoms with Crippen molar-refractivity contribution in [1.29, 1.82) is 0 Å². The Bertz CT molecular complexity index is 386. The summed E-state index contributed by atoms with van der Waals surface area (Å²) in [6.45, 7) is 2.51. The van der Waals surface area contributed by atoms with E-state index in [1.807, 2.05) is 17.0 Å². The van der Waals surface area contributed by atoms with Crippen molar-refractivity contribution in [2.45, 2.75) is 12.8 Å². The molecule has 3 nitrogen and oxygen atoms in total. The molecular weight excluding hydrogens is 302 g/mol. The molecule has 0 saturated carbocycles. The van der Waals surface area contributed by atoms with Gasteiger partial charge in [-0.2, -0.15) is 0 Å². The molecule has 1 aromatic rings. The van der Waals surface area contributed by atoms with Crippen molar-refractivity contribution >= 4 is 33.2 Å². The van der Waals surface area contributed by atoms with Gasteiger partial charge in [-0.25, -0.2) is 0 Å². The third-order valence-electron chi connectivity index (χ3n) is 3.09. The highest BCUT2D eigenvalue weighted by molar-refractivity contribution is 9.11. The van der Waals surface area contributed by atoms with Crippen LogP contribution in [0.25, 0.3) is 0 Å². The number of nitrogens with zero attached hydrogens (tertiary/aromatic N) is 1. The molecule has 17 heavy (non-hydrogen) atoms. The standard InChI is InChI=1S/C12H16BrNO2S/c1-16-8-9-4-6-14(7-5-9)12(15)10-2-3-11(13)17-10/h2-3,9H,4-8H2,1H3. The number of likely N-dealkylation sites (tertiary alicyclic amines) is 1. The Labute approximate surface area is 114 Å². The van der Waals surface area contributed by atoms with Crippen molar-refractivity contribution in [2.24, 2.45) is 5.92 Å². The van der Waals surface area contributed by atoms with E-state index >= 15 is 0 Å². The minimum Gasteiger partial charge on any atom is -0.384 e. The van der Waals surface area contributed by atoms with Gasteiger partial charge in [0.05, 0.1) is 8.66 Å². The smallest absolute Gasteiger partial charge is 0.263 e. The van der Waals surface area contributed by atoms with Crippen molar-refractivity contribution in [3.63, 3.8) is 0 Å². The van der Waals surface area contributed by atoms with Gasteiger partial charge in [0.25, 0.3) is 5.91 Å². The van der Waals surface area contributed by atoms with E-state index in [0.29, 0.717) is 5.92 Å². The lowest BCUT2D eigenvalue weighted by atomic mass is 9.98. The number of methoxy groups -OCH3 is 1. The summed E-state index contributed by atoms with van der Waals surface area (Å²) >= 11 is 4.89. The lowest BCUT2D eigenvalue weighted by Crippen LogP contribution is -2.39. The van der Waals surface area contributed by atoms with Gasteiger partial charge in [0, 0.05) is 26.8 Å². The van der Waals surface area contributed by atoms with Crippen LogP contribution in [-0.4, -0.2) is 37.6 Å². The largest absolute Gasteiger partial charge is 0.384 e. The zero-order valence-corrected chi connectivity index (χ0v) is 12.2. The van der Waals surface area contributed by atoms with Crippen LogP contribution in [0, 0.1) is 5.92 Å². The number of carbonyl (C=O) groups excluding carboxylic acids is 1. The zero-order chi connectivity index (χ0) is 12.3. The topological polar surface area (TPSA) is 29.5 Å². The van der Waals surface area contributed by atoms with Crippen molar-refractivity contribution < 1.29 is 9.53 Å². The lowest BCUT2D eigenvalue weighted by Gasteiger charge is -2.31. The zero-order valence-electron chi connectivity index (χ0n) is 9.82. The monoisotopic (exact) mass is 317 g/mol. The molecule has 1 saturated heterocycles. The van der Waals surface area contributed by atoms with Crippen molar-refractivity contribution in [1.82, 2.24) is 4.90 Å². The molecule has 5 heteroatoms. The molecule has 0 aliphatic carbocycles. The molecule has 0 unspecified atom stereocenters. The number of thiophene rings is 1. The summed E-state index contributed by atoms with van der Waals surface area (Å²) in [7, 11) is 1.74. The molecule has 0 atom stereocenters. The number of amides is 1. The molecule has 1 aliphatic rings. The molecule has 1 aromatic heterocycles. The first-order valence-electron chi connectivity index (χ1n) is 5.74. The molecule has 0 aromatic carbocycles. The Morgan fingerprint density at radius 2 is 2.24 bits per heavy atom. The number of rotatable bonds is 3. The molecule has 2 rings (SSSR count). The van der Waals surface area contributed by atoms with Crippen molar-refractivity contribution in [2.75, 3.05) is 26.8 Å². The minimum absolute atomic E-state index is 0.163. The van der Waals surface area contributed by atoms with Crippen LogP contribution in [0.4, 0.5) is 0 Å². The molecule has 0 bridgehead atoms. The highest BCUT2D eigenvalue weighted by Crippen LogP contribution is 2.25. The van der Waals surface area contributed by atoms with Crippen LogP contribution in [0.5, 0.6) is 0 Å². The summed E-state index contributed by atoms with van der Waals surface area (Å²) in [5.74, 6) is 0.774. The highest BCUT2D eigenvalue weighted by Gasteiger charge is 2.24. The second kappa shape index (κ2) is 5.98. The molecule has 0 N–H and O–H groups in total. The number of hydrogen-bond donors (Lipinski definition) is 0. The molecule has 1 amide bonds. The SMILES string of the molecule is COCC1CCN(C(=O)c2ccc(Br)s2)CC1. The van der Waals surface area contributed by atoms with Gasteiger partial charge in [-0.15, -0.1) is 11.3 Å². The van der Waals surface area contributed by atoms with E-state index in [0.717, 1.165) is 41.2 Å². The normalized spacial score (nSPS) is 17.4. The van der Waals surface area contributed by atoms with Gasteiger partial charge in [0.15, 0.2) is 0 Å². The van der Waals surface area contributed by atoms with E-state index in [1.165, 1.54) is 11.3 Å². The molecular formula is C12H16BrNO2S. The fraction of sp³-hybridized carbons (Fsp3) is 0.583. The maximum atomic E-state index is 12.2. The lowest BCUT2D eigenvalue weighted by molar-refractivity contribution is 0.0618. The first kappa shape index (κ1) is 13.1. The van der Waals surface area contributed by atoms with Gasteiger partial charge in [-0.05, 0) is 46.8 Å². The number of carbonyl (C=O) groups is 1. The van der Waals surface area contributed by atoms with Gasteiger partial charge < -0.3 is 9.64 Å². The maximum absolute atomic E-state index is 12.2. The maximum Gasteiger partial charge on any atom is 0.263 e. The summed E-state index contributed by atoms with van der Waals surface area (Å²) in [4.78, 5) is 14.9. The Hall–Kier alpha value is -0.390. The van der Waals surface area contributed by atoms with Crippen LogP contribution in [0.2, 0.25) is 0 Å². The van der Waals surface area contributed by atoms with Crippen LogP contribution < -0.4 is 0 Å². The van der Waals surface area contributed by atoms with Gasteiger partial charge in [0.2, 0.25) is 0 Å². The van der Waals surface area contributed by atoms with E-state index < -0.39 is 0 Å². The Morgan fingerprint density at radius 1 is 1.53 bits per heavy atom. The minimum atomic E-state index is 0.163. The number of halogens is 1. The third-order valence-corrected chi connectivity index (χ3v) is 4.70. The van der Waals surface area contributed by atoms with E-state index in [4.69, 9.17) is 4.74 Å². The summed E-state index contributed by atoms with van der Waals surface area (Å²) in [6.07, 6.45) is 2.10. The van der Waals surface area contributed by atoms with Gasteiger partial charge >= 0.3 is 0 Å². The Kier molecular flexibility index (Phi) is 4.59. The molecule has 2 heterocycles. The van der Waals surface area contributed by atoms with Crippen LogP contribution >= 0.6 is 27.3 Å². The van der Waals surface area contributed by atoms with Gasteiger partial charge in [0.1, 0.15) is 0 Å². The van der Waals surface area contributed by atoms with Crippen LogP contribution in [0.15, 0.2) is 15.9 Å². The predicted octanol–water partition coefficient (Wildman–Crippen LogP) is 3.01. The summed E-state index contributed by atoms with van der Waals surface area (Å²) < 4.78 is 6.17. The van der Waals surface area contributed by atoms with Crippen molar-refractivity contribution in [3.8, 4) is 0 Å². The quantitative estimate of drug-likeness (QED) is 0.857. The Balaban J connectivity index is 1.90. The van der Waals surface area contributed by atoms with Gasteiger partial charge in [-0.3, -0.25) is 4.79 Å². The molecule has 94 valence electrons. The van der Waals surface area contributed by atoms with E-state index in [-0.39, 0.29) is 5.91 Å². The number of ether oxygens (including phenoxy) is 1. The fourth-order valence-corrected chi connectivity index (χ4v) is 3.48. The molecule has 0 spiro atoms. The molecule has 1 aliphatic heterocycles. The second-order valence-electron chi connectivity index (χ2n) is 4.29. The number of piperidine rings is 1. The highest BCUT2D eigenvalue weighted by atomic mass is 79.9. The number of hydrogen-bond acceptors (Lipinski definition) is 3. The summed E-state index contributed by atoms with van der Waals surface area (Å²) in [6, 6.07) is 3.81. The summed E-state index contributed by atoms with van der Waals surface area (Å²) in [5.41, 5.74) is 0.